The lowest BCUT2D eigenvalue weighted by Crippen LogP contribution is -2.57. The van der Waals surface area contributed by atoms with Crippen molar-refractivity contribution in [2.75, 3.05) is 26.2 Å². The van der Waals surface area contributed by atoms with Gasteiger partial charge in [0, 0.05) is 37.3 Å². The molecule has 2 unspecified atom stereocenters. The van der Waals surface area contributed by atoms with E-state index in [2.05, 4.69) is 19.2 Å². The van der Waals surface area contributed by atoms with Crippen LogP contribution in [0.2, 0.25) is 0 Å². The third-order valence-electron chi connectivity index (χ3n) is 6.50. The number of nitrogens with zero attached hydrogens (tertiary/aromatic N) is 2. The van der Waals surface area contributed by atoms with Crippen LogP contribution in [0.15, 0.2) is 54.6 Å². The Morgan fingerprint density at radius 1 is 0.818 bits per heavy atom. The number of rotatable bonds is 7. The second-order valence-corrected chi connectivity index (χ2v) is 9.10. The summed E-state index contributed by atoms with van der Waals surface area (Å²) in [5.41, 5.74) is 2.42. The van der Waals surface area contributed by atoms with Crippen molar-refractivity contribution in [2.24, 2.45) is 5.92 Å². The molecule has 0 bridgehead atoms. The van der Waals surface area contributed by atoms with Gasteiger partial charge in [-0.05, 0) is 41.7 Å². The van der Waals surface area contributed by atoms with Gasteiger partial charge < -0.3 is 15.1 Å². The zero-order chi connectivity index (χ0) is 24.0. The average Bonchev–Trinajstić information content (AvgIpc) is 2.86. The molecule has 0 spiro atoms. The molecule has 0 saturated carbocycles. The minimum atomic E-state index is -0.589. The summed E-state index contributed by atoms with van der Waals surface area (Å²) in [5.74, 6) is 0.0945. The Balaban J connectivity index is 1.62. The van der Waals surface area contributed by atoms with Gasteiger partial charge in [-0.1, -0.05) is 64.4 Å². The van der Waals surface area contributed by atoms with E-state index in [1.165, 1.54) is 5.56 Å². The molecule has 1 N–H and O–H groups in total. The topological polar surface area (TPSA) is 69.7 Å². The average molecular weight is 450 g/mol. The molecular formula is C27H35N3O3. The molecule has 1 aliphatic rings. The summed E-state index contributed by atoms with van der Waals surface area (Å²) >= 11 is 0. The van der Waals surface area contributed by atoms with Gasteiger partial charge in [-0.3, -0.25) is 14.4 Å². The molecule has 0 aliphatic carbocycles. The fourth-order valence-electron chi connectivity index (χ4n) is 4.02. The highest BCUT2D eigenvalue weighted by atomic mass is 16.2. The standard InChI is InChI=1S/C27H35N3O3/c1-5-20(4)24(28-25(31)22-9-7-6-8-10-22)27(33)30-17-15-29(16-18-30)26(32)23-13-11-21(12-14-23)19(2)3/h6-14,19-20,24H,5,15-18H2,1-4H3,(H,28,31). The van der Waals surface area contributed by atoms with Crippen LogP contribution in [-0.4, -0.2) is 59.7 Å². The molecular weight excluding hydrogens is 414 g/mol. The lowest BCUT2D eigenvalue weighted by molar-refractivity contribution is -0.136. The molecule has 0 aromatic heterocycles. The summed E-state index contributed by atoms with van der Waals surface area (Å²) in [6, 6.07) is 16.1. The van der Waals surface area contributed by atoms with Gasteiger partial charge in [0.15, 0.2) is 0 Å². The number of piperazine rings is 1. The number of amides is 3. The monoisotopic (exact) mass is 449 g/mol. The Bertz CT molecular complexity index is 948. The van der Waals surface area contributed by atoms with Crippen molar-refractivity contribution >= 4 is 17.7 Å². The van der Waals surface area contributed by atoms with Gasteiger partial charge in [0.05, 0.1) is 0 Å². The summed E-state index contributed by atoms with van der Waals surface area (Å²) in [6.07, 6.45) is 0.774. The predicted octanol–water partition coefficient (Wildman–Crippen LogP) is 3.94. The molecule has 1 heterocycles. The number of hydrogen-bond acceptors (Lipinski definition) is 3. The van der Waals surface area contributed by atoms with Crippen LogP contribution in [0.25, 0.3) is 0 Å². The van der Waals surface area contributed by atoms with E-state index in [0.717, 1.165) is 6.42 Å². The molecule has 0 radical (unpaired) electrons. The van der Waals surface area contributed by atoms with Crippen molar-refractivity contribution in [3.8, 4) is 0 Å². The van der Waals surface area contributed by atoms with Gasteiger partial charge in [-0.25, -0.2) is 0 Å². The van der Waals surface area contributed by atoms with E-state index >= 15 is 0 Å². The molecule has 6 heteroatoms. The van der Waals surface area contributed by atoms with Gasteiger partial charge in [0.2, 0.25) is 5.91 Å². The first-order valence-electron chi connectivity index (χ1n) is 11.9. The van der Waals surface area contributed by atoms with Crippen LogP contribution in [0.3, 0.4) is 0 Å². The quantitative estimate of drug-likeness (QED) is 0.696. The molecule has 2 atom stereocenters. The predicted molar refractivity (Wildman–Crippen MR) is 130 cm³/mol. The normalized spacial score (nSPS) is 15.8. The SMILES string of the molecule is CCC(C)C(NC(=O)c1ccccc1)C(=O)N1CCN(C(=O)c2ccc(C(C)C)cc2)CC1. The van der Waals surface area contributed by atoms with Gasteiger partial charge in [-0.15, -0.1) is 0 Å². The minimum absolute atomic E-state index is 0.00398. The van der Waals surface area contributed by atoms with Gasteiger partial charge in [0.25, 0.3) is 11.8 Å². The highest BCUT2D eigenvalue weighted by molar-refractivity contribution is 5.98. The number of carbonyl (C=O) groups is 3. The maximum atomic E-state index is 13.3. The number of hydrogen-bond donors (Lipinski definition) is 1. The Hall–Kier alpha value is -3.15. The zero-order valence-electron chi connectivity index (χ0n) is 20.1. The Labute approximate surface area is 197 Å². The minimum Gasteiger partial charge on any atom is -0.340 e. The van der Waals surface area contributed by atoms with E-state index in [1.54, 1.807) is 21.9 Å². The van der Waals surface area contributed by atoms with Crippen molar-refractivity contribution in [1.82, 2.24) is 15.1 Å². The maximum absolute atomic E-state index is 13.3. The van der Waals surface area contributed by atoms with Crippen LogP contribution < -0.4 is 5.32 Å². The van der Waals surface area contributed by atoms with Crippen LogP contribution in [0.4, 0.5) is 0 Å². The molecule has 3 rings (SSSR count). The summed E-state index contributed by atoms with van der Waals surface area (Å²) in [5, 5.41) is 2.94. The Morgan fingerprint density at radius 2 is 1.39 bits per heavy atom. The first-order chi connectivity index (χ1) is 15.8. The number of nitrogens with one attached hydrogen (secondary N) is 1. The third kappa shape index (κ3) is 6.01. The first kappa shape index (κ1) is 24.5. The zero-order valence-corrected chi connectivity index (χ0v) is 20.1. The Morgan fingerprint density at radius 3 is 1.94 bits per heavy atom. The summed E-state index contributed by atoms with van der Waals surface area (Å²) in [6.45, 7) is 10.1. The Kier molecular flexibility index (Phi) is 8.26. The third-order valence-corrected chi connectivity index (χ3v) is 6.50. The van der Waals surface area contributed by atoms with Crippen molar-refractivity contribution in [3.63, 3.8) is 0 Å². The molecule has 1 fully saturated rings. The van der Waals surface area contributed by atoms with Crippen LogP contribution in [0, 0.1) is 5.92 Å². The van der Waals surface area contributed by atoms with Gasteiger partial charge >= 0.3 is 0 Å². The van der Waals surface area contributed by atoms with Crippen molar-refractivity contribution < 1.29 is 14.4 Å². The molecule has 2 aromatic rings. The molecule has 1 aliphatic heterocycles. The number of benzene rings is 2. The maximum Gasteiger partial charge on any atom is 0.253 e. The first-order valence-corrected chi connectivity index (χ1v) is 11.9. The number of carbonyl (C=O) groups excluding carboxylic acids is 3. The van der Waals surface area contributed by atoms with Gasteiger partial charge in [-0.2, -0.15) is 0 Å². The smallest absolute Gasteiger partial charge is 0.253 e. The highest BCUT2D eigenvalue weighted by Gasteiger charge is 2.33. The fourth-order valence-corrected chi connectivity index (χ4v) is 4.02. The van der Waals surface area contributed by atoms with Gasteiger partial charge in [0.1, 0.15) is 6.04 Å². The summed E-state index contributed by atoms with van der Waals surface area (Å²) in [4.78, 5) is 42.5. The summed E-state index contributed by atoms with van der Waals surface area (Å²) in [7, 11) is 0. The molecule has 33 heavy (non-hydrogen) atoms. The second kappa shape index (κ2) is 11.1. The second-order valence-electron chi connectivity index (χ2n) is 9.10. The van der Waals surface area contributed by atoms with E-state index in [0.29, 0.717) is 43.2 Å². The lowest BCUT2D eigenvalue weighted by atomic mass is 9.97. The van der Waals surface area contributed by atoms with Crippen molar-refractivity contribution in [2.45, 2.75) is 46.1 Å². The van der Waals surface area contributed by atoms with E-state index in [-0.39, 0.29) is 23.6 Å². The lowest BCUT2D eigenvalue weighted by Gasteiger charge is -2.37. The van der Waals surface area contributed by atoms with E-state index in [1.807, 2.05) is 56.3 Å². The highest BCUT2D eigenvalue weighted by Crippen LogP contribution is 2.18. The van der Waals surface area contributed by atoms with E-state index in [4.69, 9.17) is 0 Å². The largest absolute Gasteiger partial charge is 0.340 e. The van der Waals surface area contributed by atoms with Crippen LogP contribution in [0.1, 0.15) is 66.3 Å². The molecule has 6 nitrogen and oxygen atoms in total. The fraction of sp³-hybridized carbons (Fsp3) is 0.444. The van der Waals surface area contributed by atoms with Crippen LogP contribution in [-0.2, 0) is 4.79 Å². The van der Waals surface area contributed by atoms with Crippen LogP contribution >= 0.6 is 0 Å². The molecule has 176 valence electrons. The molecule has 2 aromatic carbocycles. The van der Waals surface area contributed by atoms with E-state index in [9.17, 15) is 14.4 Å². The van der Waals surface area contributed by atoms with Crippen molar-refractivity contribution in [1.29, 1.82) is 0 Å². The van der Waals surface area contributed by atoms with Crippen LogP contribution in [0.5, 0.6) is 0 Å². The molecule has 3 amide bonds. The van der Waals surface area contributed by atoms with E-state index < -0.39 is 6.04 Å². The summed E-state index contributed by atoms with van der Waals surface area (Å²) < 4.78 is 0. The van der Waals surface area contributed by atoms with Crippen molar-refractivity contribution in [3.05, 3.63) is 71.3 Å². The molecule has 1 saturated heterocycles.